The Hall–Kier alpha value is -8.20. The summed E-state index contributed by atoms with van der Waals surface area (Å²) in [5.41, 5.74) is 19.5. The third-order valence-corrected chi connectivity index (χ3v) is 18.1. The van der Waals surface area contributed by atoms with Crippen LogP contribution in [-0.2, 0) is 48.1 Å². The van der Waals surface area contributed by atoms with E-state index in [9.17, 15) is 0 Å². The third kappa shape index (κ3) is 11.0. The van der Waals surface area contributed by atoms with Crippen LogP contribution in [0.3, 0.4) is 0 Å². The smallest absolute Gasteiger partial charge is 0.509 e. The molecule has 11 aromatic rings. The van der Waals surface area contributed by atoms with Crippen LogP contribution in [0, 0.1) is 19.0 Å². The molecule has 3 heterocycles. The molecule has 6 heteroatoms. The molecule has 5 nitrogen and oxygen atoms in total. The van der Waals surface area contributed by atoms with Gasteiger partial charge in [0.05, 0.1) is 11.1 Å². The Bertz CT molecular complexity index is 4720. The van der Waals surface area contributed by atoms with Crippen molar-refractivity contribution >= 4 is 50.6 Å². The summed E-state index contributed by atoms with van der Waals surface area (Å²) in [6, 6.07) is 77.8. The molecule has 1 aliphatic carbocycles. The standard InChI is InChI=1S/C81H78N4O.Pt/c1-52-40-75(82-50-68(52)55-32-37-69-70(44-55)81(13,14)39-38-80(69,11)12)85-73-47-58(77(2,3)4)33-35-64(73)65-36-34-63(49-74(65)85)86-62-29-23-28-61(48-62)83-51-84(72-31-22-21-30-71(72)83)76-66(54-26-19-16-20-27-54)45-60(79(8,9)10)46-67(76)57-41-56(53-24-17-15-18-25-53)42-59(43-57)78(5,6)7;/h15-37,40-47,50H,38-39H2,1-14H3;/q;+2/i1D3;. The van der Waals surface area contributed by atoms with Crippen LogP contribution in [0.25, 0.3) is 72.1 Å². The molecule has 0 unspecified atom stereocenters. The summed E-state index contributed by atoms with van der Waals surface area (Å²) in [5.74, 6) is 1.45. The summed E-state index contributed by atoms with van der Waals surface area (Å²) in [6.07, 6.45) is 3.90. The summed E-state index contributed by atoms with van der Waals surface area (Å²) in [4.78, 5) is 5.18. The van der Waals surface area contributed by atoms with Crippen molar-refractivity contribution in [1.29, 1.82) is 0 Å². The number of benzene rings is 9. The molecule has 0 amide bonds. The van der Waals surface area contributed by atoms with Gasteiger partial charge in [-0.2, -0.15) is 12.1 Å². The summed E-state index contributed by atoms with van der Waals surface area (Å²) in [7, 11) is 0. The van der Waals surface area contributed by atoms with Crippen molar-refractivity contribution < 1.29 is 29.9 Å². The van der Waals surface area contributed by atoms with E-state index in [1.165, 1.54) is 33.4 Å². The predicted molar refractivity (Wildman–Crippen MR) is 361 cm³/mol. The molecule has 0 spiro atoms. The molecule has 0 fully saturated rings. The largest absolute Gasteiger partial charge is 2.00 e. The Balaban J connectivity index is 0.00000785. The number of aryl methyl sites for hydroxylation is 1. The Labute approximate surface area is 534 Å². The first-order valence-corrected chi connectivity index (χ1v) is 30.4. The fourth-order valence-electron chi connectivity index (χ4n) is 12.8. The molecule has 2 aliphatic rings. The second-order valence-electron chi connectivity index (χ2n) is 28.2. The van der Waals surface area contributed by atoms with Crippen molar-refractivity contribution in [2.24, 2.45) is 0 Å². The van der Waals surface area contributed by atoms with Crippen molar-refractivity contribution in [3.05, 3.63) is 240 Å². The van der Waals surface area contributed by atoms with Gasteiger partial charge in [-0.1, -0.05) is 227 Å². The minimum Gasteiger partial charge on any atom is -0.509 e. The van der Waals surface area contributed by atoms with Crippen LogP contribution in [0.5, 0.6) is 11.5 Å². The maximum atomic E-state index is 9.02. The van der Waals surface area contributed by atoms with Crippen LogP contribution in [0.15, 0.2) is 194 Å². The summed E-state index contributed by atoms with van der Waals surface area (Å²) >= 11 is 0. The first-order chi connectivity index (χ1) is 42.1. The SMILES string of the molecule is [2H]C([2H])([2H])c1cc(-n2c3[c-]c(Oc4[c-]c([N+]5=C=[N+](c6c(-c7ccccc7)cc(C(C)(C)C)cc6-c6cc(-c7ccccc7)cc(C(C)(C)C)c6)c6ccccc65)ccc4)ccc3c3ccc(C(C)(C)C)cc32)ncc1-c1ccc2c(c1)C(C)(C)CCC2(C)C.[Pt+2]. The number of pyridine rings is 1. The van der Waals surface area contributed by atoms with Crippen molar-refractivity contribution in [2.45, 2.75) is 137 Å². The van der Waals surface area contributed by atoms with Crippen LogP contribution >= 0.6 is 0 Å². The number of para-hydroxylation sites is 2. The molecule has 0 saturated heterocycles. The van der Waals surface area contributed by atoms with Gasteiger partial charge in [0.15, 0.2) is 0 Å². The summed E-state index contributed by atoms with van der Waals surface area (Å²) in [6.45, 7) is 27.1. The normalized spacial score (nSPS) is 15.2. The van der Waals surface area contributed by atoms with E-state index in [4.69, 9.17) is 13.8 Å². The van der Waals surface area contributed by atoms with Crippen molar-refractivity contribution in [3.8, 4) is 61.8 Å². The van der Waals surface area contributed by atoms with Gasteiger partial charge < -0.3 is 9.30 Å². The van der Waals surface area contributed by atoms with Crippen LogP contribution in [0.1, 0.15) is 140 Å². The number of aromatic nitrogens is 2. The van der Waals surface area contributed by atoms with Crippen LogP contribution in [-0.4, -0.2) is 15.6 Å². The van der Waals surface area contributed by atoms with Crippen molar-refractivity contribution in [1.82, 2.24) is 18.7 Å². The Morgan fingerprint density at radius 3 is 1.78 bits per heavy atom. The molecular weight excluding hydrogens is 1240 g/mol. The second-order valence-corrected chi connectivity index (χ2v) is 28.2. The number of hydrogen-bond donors (Lipinski definition) is 0. The van der Waals surface area contributed by atoms with Gasteiger partial charge >= 0.3 is 27.1 Å². The third-order valence-electron chi connectivity index (χ3n) is 18.1. The zero-order valence-electron chi connectivity index (χ0n) is 55.4. The number of nitrogens with zero attached hydrogens (tertiary/aromatic N) is 4. The van der Waals surface area contributed by atoms with Crippen LogP contribution in [0.4, 0.5) is 22.7 Å². The molecule has 0 N–H and O–H groups in total. The monoisotopic (exact) mass is 1320 g/mol. The molecule has 2 aromatic heterocycles. The first-order valence-electron chi connectivity index (χ1n) is 31.9. The number of rotatable bonds is 9. The molecule has 0 saturated carbocycles. The average Bonchev–Trinajstić information content (AvgIpc) is 1.44. The van der Waals surface area contributed by atoms with E-state index in [1.807, 2.05) is 24.3 Å². The van der Waals surface area contributed by atoms with Gasteiger partial charge in [0.2, 0.25) is 5.69 Å². The molecule has 0 atom stereocenters. The van der Waals surface area contributed by atoms with E-state index in [1.54, 1.807) is 12.3 Å². The maximum Gasteiger partial charge on any atom is 2.00 e. The van der Waals surface area contributed by atoms with E-state index in [-0.39, 0.29) is 53.7 Å². The zero-order valence-corrected chi connectivity index (χ0v) is 54.7. The van der Waals surface area contributed by atoms with Gasteiger partial charge in [0, 0.05) is 45.0 Å². The molecule has 0 bridgehead atoms. The van der Waals surface area contributed by atoms with Gasteiger partial charge in [-0.15, -0.1) is 23.6 Å². The van der Waals surface area contributed by atoms with Crippen LogP contribution in [0.2, 0.25) is 0 Å². The zero-order chi connectivity index (χ0) is 62.7. The number of hydrogen-bond acceptors (Lipinski definition) is 2. The van der Waals surface area contributed by atoms with Gasteiger partial charge in [-0.3, -0.25) is 0 Å². The Morgan fingerprint density at radius 2 is 1.10 bits per heavy atom. The van der Waals surface area contributed by atoms with E-state index >= 15 is 0 Å². The quantitative estimate of drug-likeness (QED) is 0.107. The summed E-state index contributed by atoms with van der Waals surface area (Å²) < 4.78 is 40.3. The fourth-order valence-corrected chi connectivity index (χ4v) is 12.8. The average molecular weight is 1320 g/mol. The van der Waals surface area contributed by atoms with E-state index < -0.39 is 6.85 Å². The van der Waals surface area contributed by atoms with E-state index in [0.29, 0.717) is 28.4 Å². The van der Waals surface area contributed by atoms with Gasteiger partial charge in [0.1, 0.15) is 11.5 Å². The molecular formula is C81H78N4OPt+2. The van der Waals surface area contributed by atoms with Gasteiger partial charge in [-0.05, 0) is 148 Å². The number of ether oxygens (including phenoxy) is 1. The molecule has 436 valence electrons. The van der Waals surface area contributed by atoms with Crippen molar-refractivity contribution in [2.75, 3.05) is 0 Å². The molecule has 9 aromatic carbocycles. The second kappa shape index (κ2) is 21.9. The van der Waals surface area contributed by atoms with Crippen molar-refractivity contribution in [3.63, 3.8) is 0 Å². The summed E-state index contributed by atoms with van der Waals surface area (Å²) in [5, 5.41) is 1.94. The topological polar surface area (TPSA) is 33.1 Å². The minimum absolute atomic E-state index is 0. The Kier molecular flexibility index (Phi) is 13.9. The minimum atomic E-state index is -2.44. The predicted octanol–water partition coefficient (Wildman–Crippen LogP) is 21.6. The molecule has 0 radical (unpaired) electrons. The fraction of sp³-hybridized carbons (Fsp3) is 0.259. The van der Waals surface area contributed by atoms with Gasteiger partial charge in [-0.25, -0.2) is 4.98 Å². The number of fused-ring (bicyclic) bond motifs is 5. The van der Waals surface area contributed by atoms with Gasteiger partial charge in [0.25, 0.3) is 11.4 Å². The van der Waals surface area contributed by atoms with E-state index in [2.05, 4.69) is 280 Å². The maximum absolute atomic E-state index is 9.02. The molecule has 1 aliphatic heterocycles. The molecule has 13 rings (SSSR count). The molecule has 87 heavy (non-hydrogen) atoms. The Morgan fingerprint density at radius 1 is 0.506 bits per heavy atom. The van der Waals surface area contributed by atoms with E-state index in [0.717, 1.165) is 85.3 Å². The first kappa shape index (κ1) is 55.4. The van der Waals surface area contributed by atoms with Crippen LogP contribution < -0.4 is 13.9 Å².